The van der Waals surface area contributed by atoms with E-state index in [0.29, 0.717) is 6.04 Å². The first-order valence-electron chi connectivity index (χ1n) is 7.13. The van der Waals surface area contributed by atoms with Crippen LogP contribution in [-0.4, -0.2) is 17.8 Å². The van der Waals surface area contributed by atoms with Crippen LogP contribution >= 0.6 is 0 Å². The van der Waals surface area contributed by atoms with E-state index in [1.165, 1.54) is 18.4 Å². The minimum Gasteiger partial charge on any atom is -0.394 e. The molecular formula is C16H27NO. The van der Waals surface area contributed by atoms with Crippen molar-refractivity contribution < 1.29 is 5.11 Å². The molecular weight excluding hydrogens is 222 g/mol. The Morgan fingerprint density at radius 3 is 2.28 bits per heavy atom. The molecule has 3 atom stereocenters. The number of aliphatic hydroxyl groups is 1. The van der Waals surface area contributed by atoms with Crippen LogP contribution in [0.25, 0.3) is 0 Å². The number of rotatable bonds is 8. The fourth-order valence-corrected chi connectivity index (χ4v) is 2.23. The van der Waals surface area contributed by atoms with Crippen LogP contribution in [0.1, 0.15) is 51.6 Å². The number of hydrogen-bond donors (Lipinski definition) is 2. The number of hydrogen-bond acceptors (Lipinski definition) is 2. The highest BCUT2D eigenvalue weighted by molar-refractivity contribution is 5.19. The summed E-state index contributed by atoms with van der Waals surface area (Å²) in [4.78, 5) is 0. The summed E-state index contributed by atoms with van der Waals surface area (Å²) in [5.74, 6) is 0.734. The van der Waals surface area contributed by atoms with E-state index in [0.717, 1.165) is 12.3 Å². The molecule has 0 saturated heterocycles. The van der Waals surface area contributed by atoms with Gasteiger partial charge in [-0.15, -0.1) is 0 Å². The van der Waals surface area contributed by atoms with E-state index in [1.54, 1.807) is 0 Å². The predicted octanol–water partition coefficient (Wildman–Crippen LogP) is 3.52. The molecule has 2 N–H and O–H groups in total. The van der Waals surface area contributed by atoms with Crippen molar-refractivity contribution in [2.75, 3.05) is 6.61 Å². The van der Waals surface area contributed by atoms with Crippen LogP contribution < -0.4 is 5.32 Å². The average Bonchev–Trinajstić information content (AvgIpc) is 2.43. The SMILES string of the molecule is CCC(C)CC(CC)NC(CO)c1ccccc1. The van der Waals surface area contributed by atoms with Gasteiger partial charge in [-0.3, -0.25) is 0 Å². The van der Waals surface area contributed by atoms with Crippen LogP contribution in [0.3, 0.4) is 0 Å². The zero-order valence-corrected chi connectivity index (χ0v) is 11.9. The Labute approximate surface area is 111 Å². The summed E-state index contributed by atoms with van der Waals surface area (Å²) in [5.41, 5.74) is 1.17. The molecule has 0 spiro atoms. The van der Waals surface area contributed by atoms with Crippen LogP contribution in [-0.2, 0) is 0 Å². The minimum atomic E-state index is 0.0557. The first kappa shape index (κ1) is 15.2. The van der Waals surface area contributed by atoms with E-state index in [9.17, 15) is 5.11 Å². The Morgan fingerprint density at radius 1 is 1.11 bits per heavy atom. The fraction of sp³-hybridized carbons (Fsp3) is 0.625. The molecule has 102 valence electrons. The molecule has 0 aliphatic rings. The Hall–Kier alpha value is -0.860. The summed E-state index contributed by atoms with van der Waals surface area (Å²) in [6.45, 7) is 6.89. The number of benzene rings is 1. The molecule has 0 amide bonds. The molecule has 0 aromatic heterocycles. The van der Waals surface area contributed by atoms with E-state index in [4.69, 9.17) is 0 Å². The van der Waals surface area contributed by atoms with E-state index < -0.39 is 0 Å². The summed E-state index contributed by atoms with van der Waals surface area (Å²) in [7, 11) is 0. The maximum absolute atomic E-state index is 9.55. The fourth-order valence-electron chi connectivity index (χ4n) is 2.23. The predicted molar refractivity (Wildman–Crippen MR) is 77.6 cm³/mol. The van der Waals surface area contributed by atoms with Crippen molar-refractivity contribution in [3.63, 3.8) is 0 Å². The molecule has 0 aliphatic heterocycles. The summed E-state index contributed by atoms with van der Waals surface area (Å²) < 4.78 is 0. The van der Waals surface area contributed by atoms with Crippen LogP contribution in [0, 0.1) is 5.92 Å². The van der Waals surface area contributed by atoms with Crippen molar-refractivity contribution >= 4 is 0 Å². The summed E-state index contributed by atoms with van der Waals surface area (Å²) in [5, 5.41) is 13.1. The summed E-state index contributed by atoms with van der Waals surface area (Å²) in [6, 6.07) is 10.7. The standard InChI is InChI=1S/C16H27NO/c1-4-13(3)11-15(5-2)17-16(12-18)14-9-7-6-8-10-14/h6-10,13,15-18H,4-5,11-12H2,1-3H3. The van der Waals surface area contributed by atoms with Crippen molar-refractivity contribution in [3.05, 3.63) is 35.9 Å². The monoisotopic (exact) mass is 249 g/mol. The Morgan fingerprint density at radius 2 is 1.78 bits per heavy atom. The van der Waals surface area contributed by atoms with Gasteiger partial charge in [-0.2, -0.15) is 0 Å². The molecule has 1 aromatic rings. The molecule has 0 heterocycles. The highest BCUT2D eigenvalue weighted by Crippen LogP contribution is 2.17. The molecule has 1 rings (SSSR count). The lowest BCUT2D eigenvalue weighted by atomic mass is 9.96. The molecule has 2 heteroatoms. The average molecular weight is 249 g/mol. The molecule has 2 nitrogen and oxygen atoms in total. The number of nitrogens with one attached hydrogen (secondary N) is 1. The minimum absolute atomic E-state index is 0.0557. The second-order valence-corrected chi connectivity index (χ2v) is 5.17. The molecule has 0 radical (unpaired) electrons. The van der Waals surface area contributed by atoms with Gasteiger partial charge in [-0.05, 0) is 24.3 Å². The van der Waals surface area contributed by atoms with Crippen LogP contribution in [0.15, 0.2) is 30.3 Å². The molecule has 0 fully saturated rings. The van der Waals surface area contributed by atoms with Crippen molar-refractivity contribution in [1.29, 1.82) is 0 Å². The normalized spacial score (nSPS) is 16.2. The van der Waals surface area contributed by atoms with Crippen LogP contribution in [0.4, 0.5) is 0 Å². The van der Waals surface area contributed by atoms with Gasteiger partial charge < -0.3 is 10.4 Å². The first-order valence-corrected chi connectivity index (χ1v) is 7.13. The van der Waals surface area contributed by atoms with Gasteiger partial charge in [0.05, 0.1) is 12.6 Å². The summed E-state index contributed by atoms with van der Waals surface area (Å²) >= 11 is 0. The molecule has 0 bridgehead atoms. The topological polar surface area (TPSA) is 32.3 Å². The largest absolute Gasteiger partial charge is 0.394 e. The lowest BCUT2D eigenvalue weighted by molar-refractivity contribution is 0.223. The van der Waals surface area contributed by atoms with Gasteiger partial charge in [0, 0.05) is 6.04 Å². The van der Waals surface area contributed by atoms with E-state index in [2.05, 4.69) is 38.2 Å². The third kappa shape index (κ3) is 4.79. The molecule has 0 aliphatic carbocycles. The Balaban J connectivity index is 2.61. The van der Waals surface area contributed by atoms with Gasteiger partial charge in [0.25, 0.3) is 0 Å². The molecule has 1 aromatic carbocycles. The van der Waals surface area contributed by atoms with Gasteiger partial charge in [0.1, 0.15) is 0 Å². The highest BCUT2D eigenvalue weighted by Gasteiger charge is 2.16. The highest BCUT2D eigenvalue weighted by atomic mass is 16.3. The van der Waals surface area contributed by atoms with Crippen LogP contribution in [0.5, 0.6) is 0 Å². The van der Waals surface area contributed by atoms with Crippen molar-refractivity contribution in [1.82, 2.24) is 5.32 Å². The Kier molecular flexibility index (Phi) is 6.99. The second kappa shape index (κ2) is 8.28. The Bertz CT molecular complexity index is 312. The summed E-state index contributed by atoms with van der Waals surface area (Å²) in [6.07, 6.45) is 3.50. The quantitative estimate of drug-likeness (QED) is 0.739. The third-order valence-corrected chi connectivity index (χ3v) is 3.70. The van der Waals surface area contributed by atoms with Crippen molar-refractivity contribution in [2.24, 2.45) is 5.92 Å². The van der Waals surface area contributed by atoms with Gasteiger partial charge in [-0.25, -0.2) is 0 Å². The lowest BCUT2D eigenvalue weighted by Gasteiger charge is -2.26. The molecule has 3 unspecified atom stereocenters. The van der Waals surface area contributed by atoms with Gasteiger partial charge in [0.15, 0.2) is 0 Å². The van der Waals surface area contributed by atoms with Gasteiger partial charge >= 0.3 is 0 Å². The van der Waals surface area contributed by atoms with E-state index >= 15 is 0 Å². The number of aliphatic hydroxyl groups excluding tert-OH is 1. The second-order valence-electron chi connectivity index (χ2n) is 5.17. The zero-order valence-electron chi connectivity index (χ0n) is 11.9. The van der Waals surface area contributed by atoms with Gasteiger partial charge in [0.2, 0.25) is 0 Å². The molecule has 0 saturated carbocycles. The van der Waals surface area contributed by atoms with Gasteiger partial charge in [-0.1, -0.05) is 57.5 Å². The van der Waals surface area contributed by atoms with Crippen molar-refractivity contribution in [3.8, 4) is 0 Å². The molecule has 18 heavy (non-hydrogen) atoms. The third-order valence-electron chi connectivity index (χ3n) is 3.70. The first-order chi connectivity index (χ1) is 8.71. The van der Waals surface area contributed by atoms with Crippen molar-refractivity contribution in [2.45, 2.75) is 52.1 Å². The van der Waals surface area contributed by atoms with Crippen LogP contribution in [0.2, 0.25) is 0 Å². The zero-order chi connectivity index (χ0) is 13.4. The van der Waals surface area contributed by atoms with E-state index in [-0.39, 0.29) is 12.6 Å². The van der Waals surface area contributed by atoms with E-state index in [1.807, 2.05) is 18.2 Å². The maximum Gasteiger partial charge on any atom is 0.0626 e. The lowest BCUT2D eigenvalue weighted by Crippen LogP contribution is -2.35. The smallest absolute Gasteiger partial charge is 0.0626 e. The maximum atomic E-state index is 9.55.